The molecule has 4 heteroatoms. The lowest BCUT2D eigenvalue weighted by atomic mass is 9.34. The highest BCUT2D eigenvalue weighted by molar-refractivity contribution is 6.98. The van der Waals surface area contributed by atoms with Gasteiger partial charge in [0.15, 0.2) is 0 Å². The first-order chi connectivity index (χ1) is 23.8. The van der Waals surface area contributed by atoms with Crippen molar-refractivity contribution in [1.82, 2.24) is 0 Å². The van der Waals surface area contributed by atoms with Gasteiger partial charge in [-0.15, -0.1) is 0 Å². The van der Waals surface area contributed by atoms with E-state index in [2.05, 4.69) is 157 Å². The lowest BCUT2D eigenvalue weighted by molar-refractivity contribution is 0.320. The third kappa shape index (κ3) is 4.63. The number of fused-ring (bicyclic) bond motifs is 7. The Morgan fingerprint density at radius 1 is 0.480 bits per heavy atom. The molecule has 0 N–H and O–H groups in total. The summed E-state index contributed by atoms with van der Waals surface area (Å²) in [5, 5.41) is 0. The predicted octanol–water partition coefficient (Wildman–Crippen LogP) is 10.6. The quantitative estimate of drug-likeness (QED) is 0.177. The summed E-state index contributed by atoms with van der Waals surface area (Å²) >= 11 is 0. The molecule has 5 aromatic carbocycles. The van der Waals surface area contributed by atoms with E-state index >= 15 is 0 Å². The molecule has 0 atom stereocenters. The van der Waals surface area contributed by atoms with Gasteiger partial charge in [0, 0.05) is 34.5 Å². The van der Waals surface area contributed by atoms with Crippen molar-refractivity contribution in [3.63, 3.8) is 0 Å². The number of para-hydroxylation sites is 2. The Kier molecular flexibility index (Phi) is 6.65. The Hall–Kier alpha value is -4.44. The minimum Gasteiger partial charge on any atom is -0.458 e. The Morgan fingerprint density at radius 2 is 1.00 bits per heavy atom. The molecule has 0 radical (unpaired) electrons. The number of nitrogens with zero attached hydrogens (tertiary/aromatic N) is 1. The maximum atomic E-state index is 7.31. The van der Waals surface area contributed by atoms with E-state index < -0.39 is 0 Å². The van der Waals surface area contributed by atoms with Gasteiger partial charge in [0.1, 0.15) is 23.0 Å². The van der Waals surface area contributed by atoms with Crippen molar-refractivity contribution >= 4 is 40.2 Å². The SMILES string of the molecule is CC1(C)CCC(C)(C)c2cc3c(cc21)Oc1cc(N(c2ccccc2)c2ccccc2)cc2c1B3c1ccc3c(c1O2)C(C)(C)CCC3(C)C. The van der Waals surface area contributed by atoms with Gasteiger partial charge in [-0.05, 0) is 105 Å². The van der Waals surface area contributed by atoms with Crippen molar-refractivity contribution in [3.8, 4) is 23.0 Å². The molecule has 4 aliphatic rings. The van der Waals surface area contributed by atoms with Crippen LogP contribution in [-0.2, 0) is 21.7 Å². The molecule has 9 rings (SSSR count). The van der Waals surface area contributed by atoms with Gasteiger partial charge >= 0.3 is 0 Å². The molecule has 0 bridgehead atoms. The van der Waals surface area contributed by atoms with Crippen molar-refractivity contribution in [2.24, 2.45) is 0 Å². The first kappa shape index (κ1) is 31.5. The van der Waals surface area contributed by atoms with Crippen molar-refractivity contribution in [2.45, 2.75) is 103 Å². The normalized spacial score (nSPS) is 19.4. The van der Waals surface area contributed by atoms with Gasteiger partial charge in [-0.25, -0.2) is 0 Å². The summed E-state index contributed by atoms with van der Waals surface area (Å²) in [7, 11) is 0. The maximum absolute atomic E-state index is 7.31. The zero-order valence-electron chi connectivity index (χ0n) is 30.9. The Bertz CT molecular complexity index is 2130. The van der Waals surface area contributed by atoms with E-state index in [0.29, 0.717) is 0 Å². The van der Waals surface area contributed by atoms with E-state index in [1.165, 1.54) is 39.6 Å². The molecule has 0 unspecified atom stereocenters. The number of hydrogen-bond acceptors (Lipinski definition) is 3. The molecule has 252 valence electrons. The van der Waals surface area contributed by atoms with Crippen LogP contribution in [-0.4, -0.2) is 6.71 Å². The van der Waals surface area contributed by atoms with Gasteiger partial charge in [0.05, 0.1) is 5.69 Å². The van der Waals surface area contributed by atoms with E-state index in [4.69, 9.17) is 9.47 Å². The first-order valence-electron chi connectivity index (χ1n) is 18.6. The third-order valence-electron chi connectivity index (χ3n) is 12.7. The average Bonchev–Trinajstić information content (AvgIpc) is 3.09. The van der Waals surface area contributed by atoms with Gasteiger partial charge in [-0.1, -0.05) is 110 Å². The van der Waals surface area contributed by atoms with Gasteiger partial charge in [-0.2, -0.15) is 0 Å². The fraction of sp³-hybridized carbons (Fsp3) is 0.348. The van der Waals surface area contributed by atoms with Gasteiger partial charge < -0.3 is 14.4 Å². The number of hydrogen-bond donors (Lipinski definition) is 0. The smallest absolute Gasteiger partial charge is 0.260 e. The van der Waals surface area contributed by atoms with Crippen LogP contribution in [0.3, 0.4) is 0 Å². The lowest BCUT2D eigenvalue weighted by Crippen LogP contribution is -2.58. The van der Waals surface area contributed by atoms with Crippen LogP contribution in [0.1, 0.15) is 103 Å². The van der Waals surface area contributed by atoms with Crippen LogP contribution in [0.5, 0.6) is 23.0 Å². The molecule has 0 aromatic heterocycles. The second kappa shape index (κ2) is 10.5. The molecule has 0 spiro atoms. The van der Waals surface area contributed by atoms with E-state index in [1.807, 2.05) is 0 Å². The molecular weight excluding hydrogens is 609 g/mol. The molecule has 2 heterocycles. The highest BCUT2D eigenvalue weighted by Crippen LogP contribution is 2.53. The van der Waals surface area contributed by atoms with Gasteiger partial charge in [-0.3, -0.25) is 0 Å². The highest BCUT2D eigenvalue weighted by atomic mass is 16.5. The van der Waals surface area contributed by atoms with Crippen LogP contribution in [0.25, 0.3) is 0 Å². The van der Waals surface area contributed by atoms with E-state index in [-0.39, 0.29) is 28.4 Å². The summed E-state index contributed by atoms with van der Waals surface area (Å²) in [6.45, 7) is 19.3. The lowest BCUT2D eigenvalue weighted by Gasteiger charge is -2.45. The summed E-state index contributed by atoms with van der Waals surface area (Å²) in [5.41, 5.74) is 12.8. The second-order valence-corrected chi connectivity index (χ2v) is 17.9. The van der Waals surface area contributed by atoms with Crippen LogP contribution in [0.2, 0.25) is 0 Å². The van der Waals surface area contributed by atoms with Gasteiger partial charge in [0.2, 0.25) is 0 Å². The van der Waals surface area contributed by atoms with Crippen molar-refractivity contribution in [2.75, 3.05) is 4.90 Å². The number of anilines is 3. The zero-order chi connectivity index (χ0) is 34.8. The van der Waals surface area contributed by atoms with Crippen LogP contribution in [0.4, 0.5) is 17.1 Å². The summed E-state index contributed by atoms with van der Waals surface area (Å²) in [5.74, 6) is 3.80. The molecule has 2 aliphatic carbocycles. The standard InChI is InChI=1S/C46H48BNO2/c1-43(2)23-24-46(7,8)40-32(43)19-20-35-42(40)50-39-26-31(48(29-15-11-9-12-16-29)30-17-13-10-14-18-30)25-38-41(39)47(35)36-27-33-34(28-37(36)49-38)45(5,6)22-21-44(33,3)4/h9-20,25-28H,21-24H2,1-8H3. The van der Waals surface area contributed by atoms with Crippen molar-refractivity contribution in [1.29, 1.82) is 0 Å². The molecule has 3 nitrogen and oxygen atoms in total. The topological polar surface area (TPSA) is 21.7 Å². The van der Waals surface area contributed by atoms with Crippen LogP contribution < -0.4 is 30.8 Å². The molecule has 0 fully saturated rings. The Labute approximate surface area is 298 Å². The molecule has 50 heavy (non-hydrogen) atoms. The number of benzene rings is 5. The molecule has 5 aromatic rings. The predicted molar refractivity (Wildman–Crippen MR) is 209 cm³/mol. The van der Waals surface area contributed by atoms with E-state index in [1.54, 1.807) is 0 Å². The Morgan fingerprint density at radius 3 is 1.60 bits per heavy atom. The fourth-order valence-corrected chi connectivity index (χ4v) is 9.46. The third-order valence-corrected chi connectivity index (χ3v) is 12.7. The number of rotatable bonds is 3. The fourth-order valence-electron chi connectivity index (χ4n) is 9.46. The van der Waals surface area contributed by atoms with Crippen LogP contribution in [0, 0.1) is 0 Å². The summed E-state index contributed by atoms with van der Waals surface area (Å²) in [6.07, 6.45) is 4.63. The van der Waals surface area contributed by atoms with Crippen molar-refractivity contribution < 1.29 is 9.47 Å². The first-order valence-corrected chi connectivity index (χ1v) is 18.6. The van der Waals surface area contributed by atoms with Crippen LogP contribution >= 0.6 is 0 Å². The zero-order valence-corrected chi connectivity index (χ0v) is 30.9. The number of ether oxygens (including phenoxy) is 2. The van der Waals surface area contributed by atoms with Crippen molar-refractivity contribution in [3.05, 3.63) is 119 Å². The van der Waals surface area contributed by atoms with E-state index in [0.717, 1.165) is 64.8 Å². The Balaban J connectivity index is 1.34. The molecular formula is C46H48BNO2. The van der Waals surface area contributed by atoms with E-state index in [9.17, 15) is 0 Å². The summed E-state index contributed by atoms with van der Waals surface area (Å²) in [4.78, 5) is 2.32. The largest absolute Gasteiger partial charge is 0.458 e. The van der Waals surface area contributed by atoms with Crippen LogP contribution in [0.15, 0.2) is 97.1 Å². The molecule has 0 amide bonds. The maximum Gasteiger partial charge on any atom is 0.260 e. The minimum atomic E-state index is -0.00980. The molecule has 0 saturated carbocycles. The highest BCUT2D eigenvalue weighted by Gasteiger charge is 2.48. The second-order valence-electron chi connectivity index (χ2n) is 17.9. The minimum absolute atomic E-state index is 0.00980. The summed E-state index contributed by atoms with van der Waals surface area (Å²) in [6, 6.07) is 35.5. The molecule has 2 aliphatic heterocycles. The monoisotopic (exact) mass is 657 g/mol. The van der Waals surface area contributed by atoms with Gasteiger partial charge in [0.25, 0.3) is 6.71 Å². The average molecular weight is 658 g/mol. The molecule has 0 saturated heterocycles. The summed E-state index contributed by atoms with van der Waals surface area (Å²) < 4.78 is 14.4.